The Morgan fingerprint density at radius 2 is 1.76 bits per heavy atom. The maximum atomic E-state index is 13.6. The van der Waals surface area contributed by atoms with Gasteiger partial charge in [-0.05, 0) is 19.9 Å². The Bertz CT molecular complexity index is 1350. The van der Waals surface area contributed by atoms with Gasteiger partial charge in [-0.3, -0.25) is 14.4 Å². The number of rotatable bonds is 4. The van der Waals surface area contributed by atoms with Crippen molar-refractivity contribution >= 4 is 17.3 Å². The zero-order chi connectivity index (χ0) is 27.7. The van der Waals surface area contributed by atoms with Crippen LogP contribution in [0.25, 0.3) is 0 Å². The van der Waals surface area contributed by atoms with Crippen molar-refractivity contribution in [2.24, 2.45) is 0 Å². The number of hydrogen-bond acceptors (Lipinski definition) is 11. The van der Waals surface area contributed by atoms with E-state index in [-0.39, 0.29) is 40.8 Å². The number of aliphatic hydroxyl groups is 3. The minimum absolute atomic E-state index is 0.0286. The molecule has 202 valence electrons. The van der Waals surface area contributed by atoms with Crippen LogP contribution in [-0.2, 0) is 20.7 Å². The van der Waals surface area contributed by atoms with E-state index in [0.29, 0.717) is 0 Å². The van der Waals surface area contributed by atoms with E-state index < -0.39 is 82.7 Å². The number of phenols is 2. The summed E-state index contributed by atoms with van der Waals surface area (Å²) in [6, 6.07) is 4.40. The summed E-state index contributed by atoms with van der Waals surface area (Å²) in [4.78, 5) is 39.5. The van der Waals surface area contributed by atoms with Crippen molar-refractivity contribution < 1.29 is 54.1 Å². The van der Waals surface area contributed by atoms with Crippen molar-refractivity contribution in [3.63, 3.8) is 0 Å². The summed E-state index contributed by atoms with van der Waals surface area (Å²) in [7, 11) is 1.33. The number of Topliss-reactive ketones (excluding diaryl/α,β-unsaturated/α-hetero) is 1. The number of benzene rings is 2. The number of carbonyl (C=O) groups excluding carboxylic acids is 3. The van der Waals surface area contributed by atoms with Crippen LogP contribution in [0.5, 0.6) is 17.2 Å². The van der Waals surface area contributed by atoms with E-state index in [2.05, 4.69) is 0 Å². The molecule has 2 aromatic carbocycles. The topological polar surface area (TPSA) is 180 Å². The molecule has 0 saturated carbocycles. The van der Waals surface area contributed by atoms with Crippen molar-refractivity contribution in [1.29, 1.82) is 0 Å². The molecule has 0 amide bonds. The summed E-state index contributed by atoms with van der Waals surface area (Å²) in [5, 5.41) is 54.1. The van der Waals surface area contributed by atoms with Crippen LogP contribution in [0.1, 0.15) is 75.8 Å². The minimum atomic E-state index is -2.03. The second kappa shape index (κ2) is 9.14. The number of carbonyl (C=O) groups is 3. The third kappa shape index (κ3) is 3.81. The molecule has 38 heavy (non-hydrogen) atoms. The Morgan fingerprint density at radius 1 is 1.08 bits per heavy atom. The number of ketones is 3. The average Bonchev–Trinajstić information content (AvgIpc) is 2.87. The third-order valence-electron chi connectivity index (χ3n) is 7.72. The molecule has 1 heterocycles. The fraction of sp³-hybridized carbons (Fsp3) is 0.444. The Morgan fingerprint density at radius 3 is 2.39 bits per heavy atom. The van der Waals surface area contributed by atoms with E-state index in [1.165, 1.54) is 32.2 Å². The van der Waals surface area contributed by atoms with Gasteiger partial charge in [-0.2, -0.15) is 0 Å². The first-order valence-corrected chi connectivity index (χ1v) is 12.2. The van der Waals surface area contributed by atoms with Gasteiger partial charge in [0.25, 0.3) is 0 Å². The Balaban J connectivity index is 1.68. The maximum Gasteiger partial charge on any atom is 0.202 e. The van der Waals surface area contributed by atoms with Crippen LogP contribution in [0.15, 0.2) is 18.2 Å². The highest BCUT2D eigenvalue weighted by Gasteiger charge is 2.49. The quantitative estimate of drug-likeness (QED) is 0.306. The molecule has 0 spiro atoms. The highest BCUT2D eigenvalue weighted by molar-refractivity contribution is 6.31. The summed E-state index contributed by atoms with van der Waals surface area (Å²) in [6.45, 7) is 2.69. The van der Waals surface area contributed by atoms with E-state index in [4.69, 9.17) is 14.2 Å². The number of aromatic hydroxyl groups is 2. The number of aliphatic hydroxyl groups excluding tert-OH is 2. The van der Waals surface area contributed by atoms with E-state index in [1.54, 1.807) is 0 Å². The number of ether oxygens (including phenoxy) is 3. The van der Waals surface area contributed by atoms with Gasteiger partial charge in [0.1, 0.15) is 29.0 Å². The van der Waals surface area contributed by atoms with Gasteiger partial charge in [0.05, 0.1) is 42.1 Å². The molecule has 5 rings (SSSR count). The fourth-order valence-corrected chi connectivity index (χ4v) is 5.60. The molecule has 6 atom stereocenters. The maximum absolute atomic E-state index is 13.6. The van der Waals surface area contributed by atoms with E-state index in [1.807, 2.05) is 0 Å². The molecule has 0 bridgehead atoms. The van der Waals surface area contributed by atoms with Crippen LogP contribution in [-0.4, -0.2) is 80.2 Å². The first kappa shape index (κ1) is 26.3. The molecule has 0 aromatic heterocycles. The second-order valence-corrected chi connectivity index (χ2v) is 10.0. The summed E-state index contributed by atoms with van der Waals surface area (Å²) in [5.74, 6) is -3.31. The lowest BCUT2D eigenvalue weighted by molar-refractivity contribution is -0.265. The molecule has 11 nitrogen and oxygen atoms in total. The molecular formula is C27H28O11. The van der Waals surface area contributed by atoms with Crippen molar-refractivity contribution in [3.05, 3.63) is 51.6 Å². The zero-order valence-corrected chi connectivity index (χ0v) is 20.9. The van der Waals surface area contributed by atoms with Crippen LogP contribution in [0.3, 0.4) is 0 Å². The lowest BCUT2D eigenvalue weighted by atomic mass is 9.72. The molecule has 1 aliphatic heterocycles. The second-order valence-electron chi connectivity index (χ2n) is 10.0. The summed E-state index contributed by atoms with van der Waals surface area (Å²) in [6.07, 6.45) is -6.53. The van der Waals surface area contributed by atoms with Crippen LogP contribution >= 0.6 is 0 Å². The summed E-state index contributed by atoms with van der Waals surface area (Å²) in [5.41, 5.74) is -3.22. The van der Waals surface area contributed by atoms with Gasteiger partial charge < -0.3 is 39.7 Å². The SMILES string of the molecule is COc1cccc2c1C(=O)c1c(O)c3c(c(O)c1C2=O)C[C@@](O)(C(C)=O)C[C@@H]3OC1CC(O)C(O)C(C)O1. The van der Waals surface area contributed by atoms with Gasteiger partial charge in [-0.15, -0.1) is 0 Å². The predicted molar refractivity (Wildman–Crippen MR) is 128 cm³/mol. The first-order chi connectivity index (χ1) is 17.9. The normalized spacial score (nSPS) is 30.3. The highest BCUT2D eigenvalue weighted by Crippen LogP contribution is 2.52. The molecule has 4 unspecified atom stereocenters. The molecular weight excluding hydrogens is 500 g/mol. The predicted octanol–water partition coefficient (Wildman–Crippen LogP) is 1.06. The largest absolute Gasteiger partial charge is 0.507 e. The van der Waals surface area contributed by atoms with Crippen molar-refractivity contribution in [1.82, 2.24) is 0 Å². The van der Waals surface area contributed by atoms with Crippen molar-refractivity contribution in [2.45, 2.75) is 69.4 Å². The fourth-order valence-electron chi connectivity index (χ4n) is 5.60. The average molecular weight is 529 g/mol. The summed E-state index contributed by atoms with van der Waals surface area (Å²) >= 11 is 0. The van der Waals surface area contributed by atoms with E-state index >= 15 is 0 Å². The lowest BCUT2D eigenvalue weighted by Gasteiger charge is -2.41. The first-order valence-electron chi connectivity index (χ1n) is 12.2. The standard InChI is InChI=1S/C27H28O11/c1-10-22(30)14(29)7-17(37-10)38-16-9-27(35,11(2)28)8-13-19(16)26(34)21-20(24(13)32)23(31)12-5-4-6-15(36-3)18(12)25(21)33/h4-6,10,14,16-17,22,29-30,32,34-35H,7-9H2,1-3H3/t10?,14?,16-,17?,22?,27-/m0/s1. The number of methoxy groups -OCH3 is 1. The smallest absolute Gasteiger partial charge is 0.202 e. The van der Waals surface area contributed by atoms with Gasteiger partial charge in [-0.25, -0.2) is 0 Å². The van der Waals surface area contributed by atoms with Crippen molar-refractivity contribution in [3.8, 4) is 17.2 Å². The molecule has 2 aliphatic carbocycles. The Kier molecular flexibility index (Phi) is 6.32. The lowest BCUT2D eigenvalue weighted by Crippen LogP contribution is -2.49. The van der Waals surface area contributed by atoms with Gasteiger partial charge in [0, 0.05) is 36.0 Å². The molecule has 1 fully saturated rings. The zero-order valence-electron chi connectivity index (χ0n) is 20.9. The third-order valence-corrected chi connectivity index (χ3v) is 7.72. The molecule has 3 aliphatic rings. The molecule has 1 saturated heterocycles. The molecule has 5 N–H and O–H groups in total. The van der Waals surface area contributed by atoms with Gasteiger partial charge in [0.15, 0.2) is 17.9 Å². The number of fused-ring (bicyclic) bond motifs is 3. The van der Waals surface area contributed by atoms with Crippen LogP contribution in [0.4, 0.5) is 0 Å². The summed E-state index contributed by atoms with van der Waals surface area (Å²) < 4.78 is 16.9. The van der Waals surface area contributed by atoms with Crippen LogP contribution < -0.4 is 4.74 Å². The minimum Gasteiger partial charge on any atom is -0.507 e. The van der Waals surface area contributed by atoms with Crippen LogP contribution in [0, 0.1) is 0 Å². The van der Waals surface area contributed by atoms with Crippen LogP contribution in [0.2, 0.25) is 0 Å². The van der Waals surface area contributed by atoms with Crippen molar-refractivity contribution in [2.75, 3.05) is 7.11 Å². The Labute approximate surface area is 217 Å². The molecule has 0 radical (unpaired) electrons. The molecule has 11 heteroatoms. The highest BCUT2D eigenvalue weighted by atomic mass is 16.7. The monoisotopic (exact) mass is 528 g/mol. The molecule has 2 aromatic rings. The van der Waals surface area contributed by atoms with Gasteiger partial charge >= 0.3 is 0 Å². The Hall–Kier alpha value is -3.35. The number of phenolic OH excluding ortho intramolecular Hbond substituents is 2. The van der Waals surface area contributed by atoms with Gasteiger partial charge in [-0.1, -0.05) is 12.1 Å². The van der Waals surface area contributed by atoms with E-state index in [0.717, 1.165) is 6.92 Å². The number of hydrogen-bond donors (Lipinski definition) is 5. The van der Waals surface area contributed by atoms with Gasteiger partial charge in [0.2, 0.25) is 5.78 Å². The van der Waals surface area contributed by atoms with E-state index in [9.17, 15) is 39.9 Å².